The highest BCUT2D eigenvalue weighted by atomic mass is 16.5. The quantitative estimate of drug-likeness (QED) is 0.725. The number of hydrogen-bond donors (Lipinski definition) is 1. The topological polar surface area (TPSA) is 21.3 Å². The fourth-order valence-electron chi connectivity index (χ4n) is 2.98. The van der Waals surface area contributed by atoms with E-state index in [-0.39, 0.29) is 0 Å². The summed E-state index contributed by atoms with van der Waals surface area (Å²) in [5, 5.41) is 3.63. The van der Waals surface area contributed by atoms with Crippen molar-refractivity contribution >= 4 is 0 Å². The van der Waals surface area contributed by atoms with E-state index in [1.807, 2.05) is 0 Å². The van der Waals surface area contributed by atoms with Gasteiger partial charge in [-0.2, -0.15) is 0 Å². The van der Waals surface area contributed by atoms with Crippen LogP contribution in [0.25, 0.3) is 0 Å². The summed E-state index contributed by atoms with van der Waals surface area (Å²) in [4.78, 5) is 0. The summed E-state index contributed by atoms with van der Waals surface area (Å²) in [5.74, 6) is 0. The molecular formula is C18H29NO. The first-order chi connectivity index (χ1) is 9.88. The minimum Gasteiger partial charge on any atom is -0.377 e. The molecule has 1 aliphatic carbocycles. The average Bonchev–Trinajstić information content (AvgIpc) is 2.52. The third kappa shape index (κ3) is 5.64. The van der Waals surface area contributed by atoms with Gasteiger partial charge in [0.25, 0.3) is 0 Å². The molecule has 0 radical (unpaired) electrons. The maximum atomic E-state index is 5.97. The Morgan fingerprint density at radius 1 is 1.15 bits per heavy atom. The van der Waals surface area contributed by atoms with Crippen molar-refractivity contribution in [3.8, 4) is 0 Å². The second kappa shape index (κ2) is 9.15. The van der Waals surface area contributed by atoms with E-state index in [9.17, 15) is 0 Å². The van der Waals surface area contributed by atoms with E-state index in [0.29, 0.717) is 12.1 Å². The van der Waals surface area contributed by atoms with Crippen LogP contribution in [0.1, 0.15) is 51.0 Å². The maximum absolute atomic E-state index is 5.97. The first-order valence-electron chi connectivity index (χ1n) is 8.27. The molecule has 1 fully saturated rings. The molecule has 1 N–H and O–H groups in total. The lowest BCUT2D eigenvalue weighted by Gasteiger charge is -2.23. The Labute approximate surface area is 123 Å². The molecule has 1 aromatic carbocycles. The molecule has 2 rings (SSSR count). The molecule has 1 saturated carbocycles. The van der Waals surface area contributed by atoms with Crippen molar-refractivity contribution in [2.45, 2.75) is 64.0 Å². The Bertz CT molecular complexity index is 346. The molecule has 0 bridgehead atoms. The Kier molecular flexibility index (Phi) is 7.10. The van der Waals surface area contributed by atoms with E-state index in [1.165, 1.54) is 44.1 Å². The van der Waals surface area contributed by atoms with E-state index in [4.69, 9.17) is 4.74 Å². The lowest BCUT2D eigenvalue weighted by molar-refractivity contribution is 0.0293. The molecule has 0 spiro atoms. The third-order valence-corrected chi connectivity index (χ3v) is 4.26. The van der Waals surface area contributed by atoms with Crippen LogP contribution in [0, 0.1) is 0 Å². The Balaban J connectivity index is 1.61. The SMILES string of the molecule is CCC(Cc1ccccc1)NCCOC1CCCCC1. The van der Waals surface area contributed by atoms with Gasteiger partial charge in [0.1, 0.15) is 0 Å². The largest absolute Gasteiger partial charge is 0.377 e. The summed E-state index contributed by atoms with van der Waals surface area (Å²) in [6, 6.07) is 11.3. The summed E-state index contributed by atoms with van der Waals surface area (Å²) in [7, 11) is 0. The second-order valence-corrected chi connectivity index (χ2v) is 5.88. The molecule has 0 aromatic heterocycles. The Morgan fingerprint density at radius 3 is 2.60 bits per heavy atom. The molecule has 2 nitrogen and oxygen atoms in total. The van der Waals surface area contributed by atoms with Crippen molar-refractivity contribution in [3.63, 3.8) is 0 Å². The molecular weight excluding hydrogens is 246 g/mol. The first-order valence-corrected chi connectivity index (χ1v) is 8.27. The molecule has 1 unspecified atom stereocenters. The van der Waals surface area contributed by atoms with Gasteiger partial charge in [-0.15, -0.1) is 0 Å². The average molecular weight is 275 g/mol. The van der Waals surface area contributed by atoms with Crippen molar-refractivity contribution in [1.82, 2.24) is 5.32 Å². The zero-order chi connectivity index (χ0) is 14.0. The summed E-state index contributed by atoms with van der Waals surface area (Å²) in [6.45, 7) is 4.08. The highest BCUT2D eigenvalue weighted by Gasteiger charge is 2.13. The van der Waals surface area contributed by atoms with E-state index in [0.717, 1.165) is 19.6 Å². The lowest BCUT2D eigenvalue weighted by Crippen LogP contribution is -2.34. The van der Waals surface area contributed by atoms with Crippen LogP contribution in [-0.4, -0.2) is 25.3 Å². The van der Waals surface area contributed by atoms with Crippen molar-refractivity contribution in [2.75, 3.05) is 13.2 Å². The van der Waals surface area contributed by atoms with Crippen LogP contribution in [0.15, 0.2) is 30.3 Å². The standard InChI is InChI=1S/C18H29NO/c1-2-17(15-16-9-5-3-6-10-16)19-13-14-20-18-11-7-4-8-12-18/h3,5-6,9-10,17-19H,2,4,7-8,11-15H2,1H3. The zero-order valence-corrected chi connectivity index (χ0v) is 12.8. The highest BCUT2D eigenvalue weighted by molar-refractivity contribution is 5.15. The normalized spacial score (nSPS) is 18.1. The van der Waals surface area contributed by atoms with Crippen LogP contribution in [0.3, 0.4) is 0 Å². The van der Waals surface area contributed by atoms with Gasteiger partial charge >= 0.3 is 0 Å². The van der Waals surface area contributed by atoms with Gasteiger partial charge in [0.15, 0.2) is 0 Å². The molecule has 112 valence electrons. The molecule has 0 heterocycles. The fraction of sp³-hybridized carbons (Fsp3) is 0.667. The summed E-state index contributed by atoms with van der Waals surface area (Å²) >= 11 is 0. The molecule has 1 atom stereocenters. The van der Waals surface area contributed by atoms with E-state index >= 15 is 0 Å². The number of nitrogens with one attached hydrogen (secondary N) is 1. The highest BCUT2D eigenvalue weighted by Crippen LogP contribution is 2.19. The Morgan fingerprint density at radius 2 is 1.90 bits per heavy atom. The fourth-order valence-corrected chi connectivity index (χ4v) is 2.98. The van der Waals surface area contributed by atoms with Crippen LogP contribution < -0.4 is 5.32 Å². The van der Waals surface area contributed by atoms with E-state index in [1.54, 1.807) is 0 Å². The van der Waals surface area contributed by atoms with E-state index < -0.39 is 0 Å². The Hall–Kier alpha value is -0.860. The van der Waals surface area contributed by atoms with Crippen LogP contribution >= 0.6 is 0 Å². The number of hydrogen-bond acceptors (Lipinski definition) is 2. The predicted molar refractivity (Wildman–Crippen MR) is 85.1 cm³/mol. The van der Waals surface area contributed by atoms with E-state index in [2.05, 4.69) is 42.6 Å². The molecule has 2 heteroatoms. The molecule has 20 heavy (non-hydrogen) atoms. The molecule has 0 saturated heterocycles. The summed E-state index contributed by atoms with van der Waals surface area (Å²) in [6.07, 6.45) is 9.43. The molecule has 0 amide bonds. The van der Waals surface area contributed by atoms with Crippen LogP contribution in [-0.2, 0) is 11.2 Å². The monoisotopic (exact) mass is 275 g/mol. The number of ether oxygens (including phenoxy) is 1. The predicted octanol–water partition coefficient (Wildman–Crippen LogP) is 3.95. The van der Waals surface area contributed by atoms with Crippen LogP contribution in [0.2, 0.25) is 0 Å². The minimum absolute atomic E-state index is 0.528. The maximum Gasteiger partial charge on any atom is 0.0594 e. The minimum atomic E-state index is 0.528. The smallest absolute Gasteiger partial charge is 0.0594 e. The van der Waals surface area contributed by atoms with Crippen LogP contribution in [0.4, 0.5) is 0 Å². The molecule has 1 aliphatic rings. The van der Waals surface area contributed by atoms with Crippen molar-refractivity contribution in [2.24, 2.45) is 0 Å². The van der Waals surface area contributed by atoms with Gasteiger partial charge in [0, 0.05) is 12.6 Å². The van der Waals surface area contributed by atoms with Gasteiger partial charge in [0.2, 0.25) is 0 Å². The zero-order valence-electron chi connectivity index (χ0n) is 12.8. The van der Waals surface area contributed by atoms with Crippen molar-refractivity contribution < 1.29 is 4.74 Å². The first kappa shape index (κ1) is 15.5. The van der Waals surface area contributed by atoms with Gasteiger partial charge in [-0.05, 0) is 31.2 Å². The van der Waals surface area contributed by atoms with Gasteiger partial charge < -0.3 is 10.1 Å². The third-order valence-electron chi connectivity index (χ3n) is 4.26. The molecule has 1 aromatic rings. The van der Waals surface area contributed by atoms with Crippen molar-refractivity contribution in [3.05, 3.63) is 35.9 Å². The number of benzene rings is 1. The second-order valence-electron chi connectivity index (χ2n) is 5.88. The summed E-state index contributed by atoms with van der Waals surface area (Å²) < 4.78 is 5.97. The van der Waals surface area contributed by atoms with Gasteiger partial charge in [-0.1, -0.05) is 56.5 Å². The molecule has 0 aliphatic heterocycles. The number of rotatable bonds is 8. The van der Waals surface area contributed by atoms with Gasteiger partial charge in [-0.25, -0.2) is 0 Å². The van der Waals surface area contributed by atoms with Crippen LogP contribution in [0.5, 0.6) is 0 Å². The summed E-state index contributed by atoms with van der Waals surface area (Å²) in [5.41, 5.74) is 1.42. The van der Waals surface area contributed by atoms with Gasteiger partial charge in [-0.3, -0.25) is 0 Å². The van der Waals surface area contributed by atoms with Crippen molar-refractivity contribution in [1.29, 1.82) is 0 Å². The van der Waals surface area contributed by atoms with Gasteiger partial charge in [0.05, 0.1) is 12.7 Å². The lowest BCUT2D eigenvalue weighted by atomic mass is 9.98.